The smallest absolute Gasteiger partial charge is 0.336 e. The normalized spacial score (nSPS) is 10.7. The van der Waals surface area contributed by atoms with Crippen LogP contribution in [-0.4, -0.2) is 11.1 Å². The number of furan rings is 1. The van der Waals surface area contributed by atoms with Gasteiger partial charge in [0.05, 0.1) is 5.56 Å². The van der Waals surface area contributed by atoms with Gasteiger partial charge in [0.2, 0.25) is 0 Å². The predicted molar refractivity (Wildman–Crippen MR) is 52.6 cm³/mol. The summed E-state index contributed by atoms with van der Waals surface area (Å²) in [6, 6.07) is 5.12. The fourth-order valence-electron chi connectivity index (χ4n) is 1.57. The number of carbonyl (C=O) groups is 1. The Morgan fingerprint density at radius 2 is 2.07 bits per heavy atom. The molecule has 3 nitrogen and oxygen atoms in total. The summed E-state index contributed by atoms with van der Waals surface area (Å²) < 4.78 is 5.43. The molecule has 1 heterocycles. The van der Waals surface area contributed by atoms with Gasteiger partial charge in [-0.2, -0.15) is 0 Å². The van der Waals surface area contributed by atoms with Crippen molar-refractivity contribution in [1.29, 1.82) is 0 Å². The highest BCUT2D eigenvalue weighted by atomic mass is 16.4. The summed E-state index contributed by atoms with van der Waals surface area (Å²) in [4.78, 5) is 10.9. The first-order chi connectivity index (χ1) is 6.59. The molecule has 0 radical (unpaired) electrons. The Morgan fingerprint density at radius 3 is 2.71 bits per heavy atom. The van der Waals surface area contributed by atoms with Gasteiger partial charge in [-0.3, -0.25) is 0 Å². The molecule has 0 aliphatic carbocycles. The summed E-state index contributed by atoms with van der Waals surface area (Å²) in [7, 11) is 0. The van der Waals surface area contributed by atoms with Crippen molar-refractivity contribution in [2.24, 2.45) is 0 Å². The van der Waals surface area contributed by atoms with Gasteiger partial charge in [-0.1, -0.05) is 6.07 Å². The van der Waals surface area contributed by atoms with Gasteiger partial charge < -0.3 is 9.52 Å². The predicted octanol–water partition coefficient (Wildman–Crippen LogP) is 2.75. The Hall–Kier alpha value is -1.77. The quantitative estimate of drug-likeness (QED) is 0.752. The molecule has 2 aromatic rings. The Balaban J connectivity index is 2.87. The highest BCUT2D eigenvalue weighted by Crippen LogP contribution is 2.25. The largest absolute Gasteiger partial charge is 0.478 e. The molecule has 2 rings (SSSR count). The molecule has 72 valence electrons. The van der Waals surface area contributed by atoms with Crippen LogP contribution < -0.4 is 0 Å². The average Bonchev–Trinajstić information content (AvgIpc) is 2.47. The van der Waals surface area contributed by atoms with Crippen LogP contribution in [0.1, 0.15) is 21.7 Å². The lowest BCUT2D eigenvalue weighted by Crippen LogP contribution is -1.96. The summed E-state index contributed by atoms with van der Waals surface area (Å²) in [6.07, 6.45) is 0. The summed E-state index contributed by atoms with van der Waals surface area (Å²) in [5.41, 5.74) is 1.92. The van der Waals surface area contributed by atoms with Crippen LogP contribution in [0.4, 0.5) is 0 Å². The minimum atomic E-state index is -0.921. The van der Waals surface area contributed by atoms with Crippen LogP contribution in [0, 0.1) is 13.8 Å². The Morgan fingerprint density at radius 1 is 1.36 bits per heavy atom. The van der Waals surface area contributed by atoms with E-state index in [2.05, 4.69) is 0 Å². The van der Waals surface area contributed by atoms with Crippen LogP contribution in [0.2, 0.25) is 0 Å². The number of aromatic carboxylic acids is 1. The molecule has 1 N–H and O–H groups in total. The molecule has 0 aliphatic rings. The second-order valence-electron chi connectivity index (χ2n) is 3.34. The van der Waals surface area contributed by atoms with Crippen molar-refractivity contribution in [3.63, 3.8) is 0 Å². The van der Waals surface area contributed by atoms with Crippen molar-refractivity contribution < 1.29 is 14.3 Å². The van der Waals surface area contributed by atoms with Gasteiger partial charge in [-0.05, 0) is 31.5 Å². The van der Waals surface area contributed by atoms with Crippen LogP contribution >= 0.6 is 0 Å². The summed E-state index contributed by atoms with van der Waals surface area (Å²) in [5, 5.41) is 9.62. The van der Waals surface area contributed by atoms with Crippen molar-refractivity contribution in [1.82, 2.24) is 0 Å². The highest BCUT2D eigenvalue weighted by Gasteiger charge is 2.12. The van der Waals surface area contributed by atoms with Gasteiger partial charge in [-0.15, -0.1) is 0 Å². The first-order valence-corrected chi connectivity index (χ1v) is 4.32. The molecule has 1 aromatic carbocycles. The molecule has 0 unspecified atom stereocenters. The number of hydrogen-bond donors (Lipinski definition) is 1. The van der Waals surface area contributed by atoms with Crippen molar-refractivity contribution in [3.8, 4) is 0 Å². The summed E-state index contributed by atoms with van der Waals surface area (Å²) >= 11 is 0. The van der Waals surface area contributed by atoms with E-state index in [4.69, 9.17) is 9.52 Å². The van der Waals surface area contributed by atoms with Gasteiger partial charge in [-0.25, -0.2) is 4.79 Å². The molecular weight excluding hydrogens is 180 g/mol. The fourth-order valence-corrected chi connectivity index (χ4v) is 1.57. The zero-order chi connectivity index (χ0) is 10.3. The van der Waals surface area contributed by atoms with Gasteiger partial charge in [0, 0.05) is 5.39 Å². The van der Waals surface area contributed by atoms with Gasteiger partial charge in [0.25, 0.3) is 0 Å². The van der Waals surface area contributed by atoms with Crippen molar-refractivity contribution in [2.45, 2.75) is 13.8 Å². The number of rotatable bonds is 1. The fraction of sp³-hybridized carbons (Fsp3) is 0.182. The zero-order valence-electron chi connectivity index (χ0n) is 8.00. The lowest BCUT2D eigenvalue weighted by atomic mass is 10.1. The Bertz CT molecular complexity index is 508. The first-order valence-electron chi connectivity index (χ1n) is 4.32. The van der Waals surface area contributed by atoms with Gasteiger partial charge in [0.15, 0.2) is 0 Å². The first kappa shape index (κ1) is 8.81. The van der Waals surface area contributed by atoms with Crippen molar-refractivity contribution in [2.75, 3.05) is 0 Å². The topological polar surface area (TPSA) is 50.4 Å². The number of aryl methyl sites for hydroxylation is 2. The van der Waals surface area contributed by atoms with E-state index in [1.807, 2.05) is 13.8 Å². The molecular formula is C11H10O3. The molecule has 0 saturated carbocycles. The third-order valence-electron chi connectivity index (χ3n) is 2.23. The van der Waals surface area contributed by atoms with Gasteiger partial charge in [0.1, 0.15) is 11.3 Å². The average molecular weight is 190 g/mol. The SMILES string of the molecule is Cc1cc2c(C(=O)O)ccc(C)c2o1. The minimum Gasteiger partial charge on any atom is -0.478 e. The second-order valence-corrected chi connectivity index (χ2v) is 3.34. The van der Waals surface area contributed by atoms with Crippen LogP contribution in [-0.2, 0) is 0 Å². The number of fused-ring (bicyclic) bond motifs is 1. The molecule has 0 amide bonds. The van der Waals surface area contributed by atoms with Gasteiger partial charge >= 0.3 is 5.97 Å². The lowest BCUT2D eigenvalue weighted by Gasteiger charge is -1.98. The number of benzene rings is 1. The molecule has 3 heteroatoms. The Kier molecular flexibility index (Phi) is 1.81. The van der Waals surface area contributed by atoms with Crippen LogP contribution in [0.15, 0.2) is 22.6 Å². The lowest BCUT2D eigenvalue weighted by molar-refractivity contribution is 0.0699. The van der Waals surface area contributed by atoms with E-state index in [0.717, 1.165) is 11.3 Å². The van der Waals surface area contributed by atoms with Crippen molar-refractivity contribution >= 4 is 16.9 Å². The number of carboxylic acids is 1. The van der Waals surface area contributed by atoms with E-state index in [9.17, 15) is 4.79 Å². The van der Waals surface area contributed by atoms with E-state index in [1.165, 1.54) is 0 Å². The standard InChI is InChI=1S/C11H10O3/c1-6-3-4-8(11(12)13)9-5-7(2)14-10(6)9/h3-5H,1-2H3,(H,12,13). The van der Waals surface area contributed by atoms with Crippen LogP contribution in [0.25, 0.3) is 11.0 Å². The third-order valence-corrected chi connectivity index (χ3v) is 2.23. The monoisotopic (exact) mass is 190 g/mol. The van der Waals surface area contributed by atoms with E-state index >= 15 is 0 Å². The van der Waals surface area contributed by atoms with E-state index in [0.29, 0.717) is 16.5 Å². The third kappa shape index (κ3) is 1.18. The maximum absolute atomic E-state index is 10.9. The number of hydrogen-bond acceptors (Lipinski definition) is 2. The van der Waals surface area contributed by atoms with E-state index in [-0.39, 0.29) is 0 Å². The second kappa shape index (κ2) is 2.87. The molecule has 0 bridgehead atoms. The van der Waals surface area contributed by atoms with Crippen molar-refractivity contribution in [3.05, 3.63) is 35.1 Å². The summed E-state index contributed by atoms with van der Waals surface area (Å²) in [5.74, 6) is -0.187. The molecule has 14 heavy (non-hydrogen) atoms. The van der Waals surface area contributed by atoms with E-state index < -0.39 is 5.97 Å². The molecule has 0 fully saturated rings. The van der Waals surface area contributed by atoms with E-state index in [1.54, 1.807) is 18.2 Å². The highest BCUT2D eigenvalue weighted by molar-refractivity contribution is 6.03. The molecule has 0 aliphatic heterocycles. The maximum Gasteiger partial charge on any atom is 0.336 e. The molecule has 0 saturated heterocycles. The molecule has 0 spiro atoms. The number of carboxylic acid groups (broad SMARTS) is 1. The maximum atomic E-state index is 10.9. The van der Waals surface area contributed by atoms with Crippen LogP contribution in [0.5, 0.6) is 0 Å². The zero-order valence-corrected chi connectivity index (χ0v) is 8.00. The summed E-state index contributed by atoms with van der Waals surface area (Å²) in [6.45, 7) is 3.71. The molecule has 0 atom stereocenters. The minimum absolute atomic E-state index is 0.294. The Labute approximate surface area is 81.0 Å². The molecule has 1 aromatic heterocycles. The van der Waals surface area contributed by atoms with Crippen LogP contribution in [0.3, 0.4) is 0 Å².